The number of rotatable bonds is 6. The highest BCUT2D eigenvalue weighted by Crippen LogP contribution is 2.11. The lowest BCUT2D eigenvalue weighted by atomic mass is 10.0. The molecule has 4 heteroatoms. The second-order valence-electron chi connectivity index (χ2n) is 7.01. The predicted octanol–water partition coefficient (Wildman–Crippen LogP) is 2.89. The molecule has 1 saturated heterocycles. The molecule has 4 nitrogen and oxygen atoms in total. The number of hydrogen-bond acceptors (Lipinski definition) is 2. The Bertz CT molecular complexity index is 510. The molecule has 0 aliphatic carbocycles. The topological polar surface area (TPSA) is 39.7 Å². The highest BCUT2D eigenvalue weighted by molar-refractivity contribution is 5.79. The van der Waals surface area contributed by atoms with E-state index >= 15 is 0 Å². The minimum absolute atomic E-state index is 0.547. The molecule has 2 rings (SSSR count). The van der Waals surface area contributed by atoms with Crippen molar-refractivity contribution >= 4 is 5.96 Å². The van der Waals surface area contributed by atoms with Crippen LogP contribution in [-0.4, -0.2) is 50.1 Å². The van der Waals surface area contributed by atoms with Gasteiger partial charge >= 0.3 is 0 Å². The van der Waals surface area contributed by atoms with Gasteiger partial charge in [0.2, 0.25) is 0 Å². The smallest absolute Gasteiger partial charge is 0.191 e. The molecule has 0 bridgehead atoms. The van der Waals surface area contributed by atoms with E-state index in [0.717, 1.165) is 18.9 Å². The Kier molecular flexibility index (Phi) is 7.57. The standard InChI is InChI=1S/C20H34N4/c1-5-10-24-11-7-19(8-12-24)23-20(21-4)22-9-6-18-14-16(2)13-17(3)15-18/h13-15,19H,5-12H2,1-4H3,(H2,21,22,23). The van der Waals surface area contributed by atoms with Gasteiger partial charge in [-0.05, 0) is 51.6 Å². The fraction of sp³-hybridized carbons (Fsp3) is 0.650. The molecule has 0 atom stereocenters. The Morgan fingerprint density at radius 1 is 1.17 bits per heavy atom. The summed E-state index contributed by atoms with van der Waals surface area (Å²) in [5.41, 5.74) is 4.07. The van der Waals surface area contributed by atoms with Crippen molar-refractivity contribution in [3.63, 3.8) is 0 Å². The Labute approximate surface area is 147 Å². The number of nitrogens with one attached hydrogen (secondary N) is 2. The van der Waals surface area contributed by atoms with Crippen LogP contribution in [0.5, 0.6) is 0 Å². The summed E-state index contributed by atoms with van der Waals surface area (Å²) < 4.78 is 0. The molecular formula is C20H34N4. The first kappa shape index (κ1) is 18.8. The van der Waals surface area contributed by atoms with E-state index in [9.17, 15) is 0 Å². The molecule has 0 spiro atoms. The largest absolute Gasteiger partial charge is 0.356 e. The van der Waals surface area contributed by atoms with E-state index in [1.807, 2.05) is 7.05 Å². The Morgan fingerprint density at radius 2 is 1.83 bits per heavy atom. The van der Waals surface area contributed by atoms with Crippen LogP contribution in [0.15, 0.2) is 23.2 Å². The summed E-state index contributed by atoms with van der Waals surface area (Å²) in [5.74, 6) is 0.938. The summed E-state index contributed by atoms with van der Waals surface area (Å²) in [6.45, 7) is 11.1. The van der Waals surface area contributed by atoms with Gasteiger partial charge in [-0.2, -0.15) is 0 Å². The van der Waals surface area contributed by atoms with E-state index in [-0.39, 0.29) is 0 Å². The molecule has 1 aromatic carbocycles. The summed E-state index contributed by atoms with van der Waals surface area (Å²) in [5, 5.41) is 7.06. The lowest BCUT2D eigenvalue weighted by Gasteiger charge is -2.32. The van der Waals surface area contributed by atoms with Crippen molar-refractivity contribution in [2.24, 2.45) is 4.99 Å². The zero-order valence-electron chi connectivity index (χ0n) is 15.9. The zero-order valence-corrected chi connectivity index (χ0v) is 15.9. The maximum Gasteiger partial charge on any atom is 0.191 e. The molecule has 1 aromatic rings. The third-order valence-electron chi connectivity index (χ3n) is 4.68. The van der Waals surface area contributed by atoms with Gasteiger partial charge in [0.05, 0.1) is 0 Å². The highest BCUT2D eigenvalue weighted by Gasteiger charge is 2.19. The Hall–Kier alpha value is -1.55. The molecule has 0 amide bonds. The van der Waals surface area contributed by atoms with Crippen molar-refractivity contribution in [1.82, 2.24) is 15.5 Å². The number of aliphatic imine (C=N–C) groups is 1. The fourth-order valence-electron chi connectivity index (χ4n) is 3.54. The second-order valence-corrected chi connectivity index (χ2v) is 7.01. The van der Waals surface area contributed by atoms with Gasteiger partial charge in [-0.3, -0.25) is 4.99 Å². The van der Waals surface area contributed by atoms with Crippen LogP contribution in [0.4, 0.5) is 0 Å². The molecule has 24 heavy (non-hydrogen) atoms. The maximum absolute atomic E-state index is 4.38. The molecule has 1 heterocycles. The van der Waals surface area contributed by atoms with Crippen molar-refractivity contribution in [2.45, 2.75) is 52.5 Å². The molecule has 0 aromatic heterocycles. The minimum Gasteiger partial charge on any atom is -0.356 e. The van der Waals surface area contributed by atoms with Crippen molar-refractivity contribution < 1.29 is 0 Å². The Morgan fingerprint density at radius 3 is 2.42 bits per heavy atom. The summed E-state index contributed by atoms with van der Waals surface area (Å²) in [6.07, 6.45) is 4.69. The van der Waals surface area contributed by atoms with Crippen LogP contribution in [0, 0.1) is 13.8 Å². The summed E-state index contributed by atoms with van der Waals surface area (Å²) in [7, 11) is 1.86. The van der Waals surface area contributed by atoms with Crippen molar-refractivity contribution in [1.29, 1.82) is 0 Å². The molecule has 1 aliphatic heterocycles. The number of hydrogen-bond donors (Lipinski definition) is 2. The van der Waals surface area contributed by atoms with Gasteiger partial charge < -0.3 is 15.5 Å². The lowest BCUT2D eigenvalue weighted by molar-refractivity contribution is 0.206. The van der Waals surface area contributed by atoms with Gasteiger partial charge in [-0.25, -0.2) is 0 Å². The molecule has 0 saturated carbocycles. The van der Waals surface area contributed by atoms with E-state index in [1.54, 1.807) is 0 Å². The van der Waals surface area contributed by atoms with Crippen LogP contribution in [0.25, 0.3) is 0 Å². The first-order valence-corrected chi connectivity index (χ1v) is 9.37. The molecule has 1 aliphatic rings. The maximum atomic E-state index is 4.38. The van der Waals surface area contributed by atoms with Crippen molar-refractivity contribution in [3.8, 4) is 0 Å². The van der Waals surface area contributed by atoms with Crippen LogP contribution in [0.2, 0.25) is 0 Å². The predicted molar refractivity (Wildman–Crippen MR) is 104 cm³/mol. The number of likely N-dealkylation sites (tertiary alicyclic amines) is 1. The summed E-state index contributed by atoms with van der Waals surface area (Å²) in [6, 6.07) is 7.32. The lowest BCUT2D eigenvalue weighted by Crippen LogP contribution is -2.49. The number of guanidine groups is 1. The summed E-state index contributed by atoms with van der Waals surface area (Å²) in [4.78, 5) is 6.95. The SMILES string of the molecule is CCCN1CCC(NC(=NC)NCCc2cc(C)cc(C)c2)CC1. The van der Waals surface area contributed by atoms with Gasteiger partial charge in [-0.15, -0.1) is 0 Å². The van der Waals surface area contributed by atoms with Gasteiger partial charge in [0, 0.05) is 32.7 Å². The second kappa shape index (κ2) is 9.67. The van der Waals surface area contributed by atoms with Gasteiger partial charge in [0.15, 0.2) is 5.96 Å². The molecule has 0 radical (unpaired) electrons. The van der Waals surface area contributed by atoms with Gasteiger partial charge in [0.1, 0.15) is 0 Å². The van der Waals surface area contributed by atoms with Crippen LogP contribution in [0.1, 0.15) is 42.9 Å². The molecule has 134 valence electrons. The normalized spacial score (nSPS) is 17.1. The van der Waals surface area contributed by atoms with Crippen LogP contribution in [0.3, 0.4) is 0 Å². The average Bonchev–Trinajstić information content (AvgIpc) is 2.55. The van der Waals surface area contributed by atoms with Gasteiger partial charge in [-0.1, -0.05) is 36.2 Å². The minimum atomic E-state index is 0.547. The number of aryl methyl sites for hydroxylation is 2. The molecular weight excluding hydrogens is 296 g/mol. The molecule has 0 unspecified atom stereocenters. The van der Waals surface area contributed by atoms with E-state index in [1.165, 1.54) is 55.6 Å². The van der Waals surface area contributed by atoms with Crippen LogP contribution in [-0.2, 0) is 6.42 Å². The highest BCUT2D eigenvalue weighted by atomic mass is 15.2. The van der Waals surface area contributed by atoms with E-state index in [4.69, 9.17) is 0 Å². The fourth-order valence-corrected chi connectivity index (χ4v) is 3.54. The molecule has 2 N–H and O–H groups in total. The van der Waals surface area contributed by atoms with Crippen LogP contribution >= 0.6 is 0 Å². The number of piperidine rings is 1. The van der Waals surface area contributed by atoms with E-state index < -0.39 is 0 Å². The third kappa shape index (κ3) is 6.16. The Balaban J connectivity index is 1.73. The third-order valence-corrected chi connectivity index (χ3v) is 4.68. The van der Waals surface area contributed by atoms with Crippen molar-refractivity contribution in [2.75, 3.05) is 33.2 Å². The first-order chi connectivity index (χ1) is 11.6. The van der Waals surface area contributed by atoms with Gasteiger partial charge in [0.25, 0.3) is 0 Å². The first-order valence-electron chi connectivity index (χ1n) is 9.37. The van der Waals surface area contributed by atoms with E-state index in [2.05, 4.69) is 59.5 Å². The average molecular weight is 331 g/mol. The van der Waals surface area contributed by atoms with Crippen molar-refractivity contribution in [3.05, 3.63) is 34.9 Å². The number of nitrogens with zero attached hydrogens (tertiary/aromatic N) is 2. The quantitative estimate of drug-likeness (QED) is 0.622. The van der Waals surface area contributed by atoms with E-state index in [0.29, 0.717) is 6.04 Å². The monoisotopic (exact) mass is 330 g/mol. The van der Waals surface area contributed by atoms with Crippen LogP contribution < -0.4 is 10.6 Å². The zero-order chi connectivity index (χ0) is 17.4. The summed E-state index contributed by atoms with van der Waals surface area (Å²) >= 11 is 0. The molecule has 1 fully saturated rings. The number of benzene rings is 1.